The van der Waals surface area contributed by atoms with Crippen molar-refractivity contribution in [1.82, 2.24) is 9.97 Å². The number of rotatable bonds is 7. The molecule has 1 N–H and O–H groups in total. The molecule has 0 radical (unpaired) electrons. The molecular weight excluding hydrogens is 380 g/mol. The molecule has 1 aliphatic rings. The third-order valence-electron chi connectivity index (χ3n) is 4.72. The van der Waals surface area contributed by atoms with Gasteiger partial charge in [0.2, 0.25) is 5.82 Å². The van der Waals surface area contributed by atoms with E-state index in [2.05, 4.69) is 21.4 Å². The highest BCUT2D eigenvalue weighted by Crippen LogP contribution is 2.36. The van der Waals surface area contributed by atoms with Crippen LogP contribution in [0, 0.1) is 24.0 Å². The van der Waals surface area contributed by atoms with Gasteiger partial charge >= 0.3 is 11.6 Å². The molecule has 0 aliphatic heterocycles. The molecule has 8 heteroatoms. The fraction of sp³-hybridized carbons (Fsp3) is 0.400. The highest BCUT2D eigenvalue weighted by atomic mass is 35.5. The standard InChI is InChI=1S/C20H23ClN4O3/c1-13-10-16(11-14(2)17(13)21)28-20-18(25(26)27)19(23-12-24-20)22-9-8-15-6-4-3-5-7-15/h6,10-12H,3-5,7-9H2,1-2H3,(H,22,23,24). The SMILES string of the molecule is Cc1cc(Oc2ncnc(NCCC3=CCCCC3)c2[N+](=O)[O-])cc(C)c1Cl. The van der Waals surface area contributed by atoms with Crippen LogP contribution in [0.4, 0.5) is 11.5 Å². The number of aromatic nitrogens is 2. The van der Waals surface area contributed by atoms with Gasteiger partial charge in [-0.25, -0.2) is 4.98 Å². The fourth-order valence-corrected chi connectivity index (χ4v) is 3.39. The van der Waals surface area contributed by atoms with Gasteiger partial charge in [-0.1, -0.05) is 23.3 Å². The first-order valence-electron chi connectivity index (χ1n) is 9.31. The Balaban J connectivity index is 1.79. The predicted molar refractivity (Wildman–Crippen MR) is 109 cm³/mol. The maximum atomic E-state index is 11.7. The largest absolute Gasteiger partial charge is 0.434 e. The summed E-state index contributed by atoms with van der Waals surface area (Å²) in [6.07, 6.45) is 9.01. The number of nitrogens with zero attached hydrogens (tertiary/aromatic N) is 3. The van der Waals surface area contributed by atoms with Crippen LogP contribution in [0.15, 0.2) is 30.1 Å². The van der Waals surface area contributed by atoms with E-state index in [0.717, 1.165) is 30.4 Å². The molecule has 1 aromatic heterocycles. The number of aryl methyl sites for hydroxylation is 2. The summed E-state index contributed by atoms with van der Waals surface area (Å²) in [5.41, 5.74) is 2.77. The molecule has 0 saturated carbocycles. The Morgan fingerprint density at radius 3 is 2.64 bits per heavy atom. The van der Waals surface area contributed by atoms with E-state index in [1.807, 2.05) is 13.8 Å². The van der Waals surface area contributed by atoms with E-state index in [1.165, 1.54) is 24.7 Å². The zero-order chi connectivity index (χ0) is 20.1. The van der Waals surface area contributed by atoms with Crippen molar-refractivity contribution in [1.29, 1.82) is 0 Å². The number of anilines is 1. The highest BCUT2D eigenvalue weighted by Gasteiger charge is 2.25. The smallest absolute Gasteiger partial charge is 0.373 e. The van der Waals surface area contributed by atoms with Crippen LogP contribution in [-0.2, 0) is 0 Å². The van der Waals surface area contributed by atoms with E-state index in [1.54, 1.807) is 12.1 Å². The molecule has 0 spiro atoms. The van der Waals surface area contributed by atoms with Crippen LogP contribution >= 0.6 is 11.6 Å². The molecular formula is C20H23ClN4O3. The van der Waals surface area contributed by atoms with Crippen LogP contribution < -0.4 is 10.1 Å². The van der Waals surface area contributed by atoms with Crippen LogP contribution in [0.25, 0.3) is 0 Å². The molecule has 7 nitrogen and oxygen atoms in total. The third-order valence-corrected chi connectivity index (χ3v) is 5.32. The number of allylic oxidation sites excluding steroid dienone is 1. The number of hydrogen-bond donors (Lipinski definition) is 1. The minimum absolute atomic E-state index is 0.0968. The first-order valence-corrected chi connectivity index (χ1v) is 9.69. The van der Waals surface area contributed by atoms with Crippen molar-refractivity contribution >= 4 is 23.1 Å². The van der Waals surface area contributed by atoms with E-state index in [4.69, 9.17) is 16.3 Å². The number of hydrogen-bond acceptors (Lipinski definition) is 6. The fourth-order valence-electron chi connectivity index (χ4n) is 3.28. The topological polar surface area (TPSA) is 90.2 Å². The maximum absolute atomic E-state index is 11.7. The number of nitrogens with one attached hydrogen (secondary N) is 1. The molecule has 1 aliphatic carbocycles. The first-order chi connectivity index (χ1) is 13.5. The summed E-state index contributed by atoms with van der Waals surface area (Å²) in [6.45, 7) is 4.27. The van der Waals surface area contributed by atoms with Gasteiger partial charge in [0.05, 0.1) is 4.92 Å². The average molecular weight is 403 g/mol. The predicted octanol–water partition coefficient (Wildman–Crippen LogP) is 5.75. The lowest BCUT2D eigenvalue weighted by molar-refractivity contribution is -0.385. The second-order valence-electron chi connectivity index (χ2n) is 6.89. The zero-order valence-electron chi connectivity index (χ0n) is 16.0. The Kier molecular flexibility index (Phi) is 6.46. The number of ether oxygens (including phenoxy) is 1. The molecule has 2 aromatic rings. The molecule has 0 atom stereocenters. The second-order valence-corrected chi connectivity index (χ2v) is 7.27. The van der Waals surface area contributed by atoms with Crippen molar-refractivity contribution in [3.05, 3.63) is 56.4 Å². The van der Waals surface area contributed by atoms with Crippen molar-refractivity contribution in [3.63, 3.8) is 0 Å². The monoisotopic (exact) mass is 402 g/mol. The van der Waals surface area contributed by atoms with E-state index in [-0.39, 0.29) is 17.4 Å². The van der Waals surface area contributed by atoms with Crippen molar-refractivity contribution in [2.75, 3.05) is 11.9 Å². The lowest BCUT2D eigenvalue weighted by Gasteiger charge is -2.14. The van der Waals surface area contributed by atoms with Gasteiger partial charge < -0.3 is 10.1 Å². The molecule has 0 bridgehead atoms. The Morgan fingerprint density at radius 2 is 2.00 bits per heavy atom. The van der Waals surface area contributed by atoms with E-state index < -0.39 is 4.92 Å². The van der Waals surface area contributed by atoms with Gasteiger partial charge in [-0.05, 0) is 69.2 Å². The van der Waals surface area contributed by atoms with Crippen molar-refractivity contribution in [2.45, 2.75) is 46.0 Å². The molecule has 28 heavy (non-hydrogen) atoms. The minimum atomic E-state index is -0.521. The first kappa shape index (κ1) is 20.1. The van der Waals surface area contributed by atoms with Gasteiger partial charge in [-0.3, -0.25) is 10.1 Å². The van der Waals surface area contributed by atoms with E-state index >= 15 is 0 Å². The molecule has 0 saturated heterocycles. The van der Waals surface area contributed by atoms with Crippen LogP contribution in [0.2, 0.25) is 5.02 Å². The Hall–Kier alpha value is -2.67. The van der Waals surface area contributed by atoms with E-state index in [0.29, 0.717) is 17.3 Å². The Labute approximate surface area is 169 Å². The summed E-state index contributed by atoms with van der Waals surface area (Å²) < 4.78 is 5.72. The zero-order valence-corrected chi connectivity index (χ0v) is 16.8. The molecule has 0 unspecified atom stereocenters. The summed E-state index contributed by atoms with van der Waals surface area (Å²) in [7, 11) is 0. The summed E-state index contributed by atoms with van der Waals surface area (Å²) in [6, 6.07) is 3.45. The molecule has 3 rings (SSSR count). The van der Waals surface area contributed by atoms with Gasteiger partial charge in [-0.2, -0.15) is 4.98 Å². The van der Waals surface area contributed by atoms with Crippen LogP contribution in [0.5, 0.6) is 11.6 Å². The molecule has 1 heterocycles. The number of halogens is 1. The highest BCUT2D eigenvalue weighted by molar-refractivity contribution is 6.32. The van der Waals surface area contributed by atoms with Crippen molar-refractivity contribution in [3.8, 4) is 11.6 Å². The van der Waals surface area contributed by atoms with E-state index in [9.17, 15) is 10.1 Å². The van der Waals surface area contributed by atoms with Crippen LogP contribution in [-0.4, -0.2) is 21.4 Å². The minimum Gasteiger partial charge on any atom is -0.434 e. The van der Waals surface area contributed by atoms with Gasteiger partial charge in [0.1, 0.15) is 12.1 Å². The van der Waals surface area contributed by atoms with Crippen LogP contribution in [0.1, 0.15) is 43.2 Å². The molecule has 0 amide bonds. The summed E-state index contributed by atoms with van der Waals surface area (Å²) in [5.74, 6) is 0.508. The summed E-state index contributed by atoms with van der Waals surface area (Å²) in [4.78, 5) is 19.2. The molecule has 148 valence electrons. The normalized spacial score (nSPS) is 13.8. The van der Waals surface area contributed by atoms with Gasteiger partial charge in [-0.15, -0.1) is 0 Å². The van der Waals surface area contributed by atoms with Crippen molar-refractivity contribution < 1.29 is 9.66 Å². The number of nitro groups is 1. The number of benzene rings is 1. The maximum Gasteiger partial charge on any atom is 0.373 e. The summed E-state index contributed by atoms with van der Waals surface area (Å²) >= 11 is 6.18. The van der Waals surface area contributed by atoms with Gasteiger partial charge in [0, 0.05) is 11.6 Å². The second kappa shape index (κ2) is 9.01. The van der Waals surface area contributed by atoms with Gasteiger partial charge in [0.15, 0.2) is 0 Å². The molecule has 0 fully saturated rings. The Morgan fingerprint density at radius 1 is 1.25 bits per heavy atom. The quantitative estimate of drug-likeness (QED) is 0.360. The molecule has 1 aromatic carbocycles. The summed E-state index contributed by atoms with van der Waals surface area (Å²) in [5, 5.41) is 15.4. The lowest BCUT2D eigenvalue weighted by atomic mass is 9.97. The third kappa shape index (κ3) is 4.78. The van der Waals surface area contributed by atoms with Crippen molar-refractivity contribution in [2.24, 2.45) is 0 Å². The van der Waals surface area contributed by atoms with Crippen LogP contribution in [0.3, 0.4) is 0 Å². The Bertz CT molecular complexity index is 891. The average Bonchev–Trinajstić information content (AvgIpc) is 2.67. The van der Waals surface area contributed by atoms with Gasteiger partial charge in [0.25, 0.3) is 0 Å². The lowest BCUT2D eigenvalue weighted by Crippen LogP contribution is -2.09.